The maximum Gasteiger partial charge on any atom is 0.305 e. The Morgan fingerprint density at radius 1 is 0.667 bits per heavy atom. The second-order valence-electron chi connectivity index (χ2n) is 11.0. The highest BCUT2D eigenvalue weighted by atomic mass is 35.5. The number of nitrogens with zero attached hydrogens (tertiary/aromatic N) is 2. The lowest BCUT2D eigenvalue weighted by molar-refractivity contribution is -0.937. The topological polar surface area (TPSA) is 26.3 Å². The number of allylic oxidation sites excluding steroid dienone is 2. The quantitative estimate of drug-likeness (QED) is 0.0703. The molecule has 6 heteroatoms. The van der Waals surface area contributed by atoms with E-state index in [0.717, 1.165) is 41.4 Å². The first kappa shape index (κ1) is 37.3. The number of halogens is 2. The number of carbonyl (C=O) groups excluding carboxylic acids is 1. The predicted octanol–water partition coefficient (Wildman–Crippen LogP) is 7.19. The summed E-state index contributed by atoms with van der Waals surface area (Å²) in [6, 6.07) is 0. The molecule has 0 radical (unpaired) electrons. The van der Waals surface area contributed by atoms with Gasteiger partial charge >= 0.3 is 5.97 Å². The van der Waals surface area contributed by atoms with Crippen LogP contribution in [0.3, 0.4) is 0 Å². The van der Waals surface area contributed by atoms with E-state index in [2.05, 4.69) is 54.3 Å². The van der Waals surface area contributed by atoms with E-state index in [-0.39, 0.29) is 30.8 Å². The van der Waals surface area contributed by atoms with Gasteiger partial charge in [0, 0.05) is 6.42 Å². The van der Waals surface area contributed by atoms with Crippen LogP contribution in [0, 0.1) is 0 Å². The Bertz CT molecular complexity index is 464. The molecule has 0 bridgehead atoms. The SMILES string of the molecule is CCCCCCCC/C=C\CCCCCCCC(=O)OCC[N+](C)(C)CC[N+](C)(C)C.Cl.Cl. The van der Waals surface area contributed by atoms with Gasteiger partial charge in [0.15, 0.2) is 0 Å². The molecule has 0 aliphatic rings. The van der Waals surface area contributed by atoms with Crippen LogP contribution >= 0.6 is 24.8 Å². The number of unbranched alkanes of at least 4 members (excludes halogenated alkanes) is 11. The summed E-state index contributed by atoms with van der Waals surface area (Å²) in [5, 5.41) is 0. The van der Waals surface area contributed by atoms with Crippen molar-refractivity contribution in [2.24, 2.45) is 0 Å². The smallest absolute Gasteiger partial charge is 0.305 e. The van der Waals surface area contributed by atoms with E-state index in [4.69, 9.17) is 4.74 Å². The van der Waals surface area contributed by atoms with Gasteiger partial charge in [-0.1, -0.05) is 70.4 Å². The number of quaternary nitrogens is 2. The fraction of sp³-hybridized carbons (Fsp3) is 0.889. The lowest BCUT2D eigenvalue weighted by atomic mass is 10.1. The molecule has 0 rings (SSSR count). The van der Waals surface area contributed by atoms with Crippen molar-refractivity contribution in [1.82, 2.24) is 0 Å². The molecule has 200 valence electrons. The number of ether oxygens (including phenoxy) is 1. The highest BCUT2D eigenvalue weighted by Gasteiger charge is 2.20. The van der Waals surface area contributed by atoms with E-state index < -0.39 is 0 Å². The molecule has 0 saturated carbocycles. The van der Waals surface area contributed by atoms with Crippen molar-refractivity contribution in [3.8, 4) is 0 Å². The van der Waals surface area contributed by atoms with Crippen molar-refractivity contribution in [2.75, 3.05) is 61.5 Å². The Kier molecular flexibility index (Phi) is 26.5. The number of rotatable bonds is 21. The van der Waals surface area contributed by atoms with Crippen LogP contribution in [-0.2, 0) is 9.53 Å². The molecular weight excluding hydrogens is 455 g/mol. The number of hydrogen-bond acceptors (Lipinski definition) is 2. The molecule has 33 heavy (non-hydrogen) atoms. The minimum Gasteiger partial charge on any atom is -0.460 e. The average molecular weight is 514 g/mol. The summed E-state index contributed by atoms with van der Waals surface area (Å²) in [5.41, 5.74) is 0. The van der Waals surface area contributed by atoms with Crippen LogP contribution < -0.4 is 0 Å². The van der Waals surface area contributed by atoms with Crippen LogP contribution in [0.15, 0.2) is 12.2 Å². The third-order valence-electron chi connectivity index (χ3n) is 5.98. The first-order valence-corrected chi connectivity index (χ1v) is 13.1. The molecule has 0 atom stereocenters. The van der Waals surface area contributed by atoms with Gasteiger partial charge in [0.1, 0.15) is 26.2 Å². The highest BCUT2D eigenvalue weighted by Crippen LogP contribution is 2.10. The van der Waals surface area contributed by atoms with E-state index in [0.29, 0.717) is 13.0 Å². The predicted molar refractivity (Wildman–Crippen MR) is 150 cm³/mol. The first-order valence-electron chi connectivity index (χ1n) is 13.1. The molecule has 0 spiro atoms. The number of carbonyl (C=O) groups is 1. The minimum absolute atomic E-state index is 0. The monoisotopic (exact) mass is 512 g/mol. The highest BCUT2D eigenvalue weighted by molar-refractivity contribution is 5.85. The molecule has 0 heterocycles. The fourth-order valence-electron chi connectivity index (χ4n) is 3.50. The second kappa shape index (κ2) is 23.5. The van der Waals surface area contributed by atoms with Crippen molar-refractivity contribution in [3.63, 3.8) is 0 Å². The molecule has 0 aromatic rings. The Morgan fingerprint density at radius 3 is 1.67 bits per heavy atom. The van der Waals surface area contributed by atoms with Crippen LogP contribution in [0.2, 0.25) is 0 Å². The summed E-state index contributed by atoms with van der Waals surface area (Å²) in [4.78, 5) is 11.9. The van der Waals surface area contributed by atoms with Gasteiger partial charge in [0.25, 0.3) is 0 Å². The molecule has 0 unspecified atom stereocenters. The van der Waals surface area contributed by atoms with Gasteiger partial charge in [0.2, 0.25) is 0 Å². The molecular formula is C27H58Cl2N2O2+2. The average Bonchev–Trinajstić information content (AvgIpc) is 2.69. The van der Waals surface area contributed by atoms with E-state index in [1.807, 2.05) is 0 Å². The molecule has 4 nitrogen and oxygen atoms in total. The molecule has 0 aliphatic heterocycles. The minimum atomic E-state index is -0.0239. The van der Waals surface area contributed by atoms with Crippen molar-refractivity contribution in [3.05, 3.63) is 12.2 Å². The van der Waals surface area contributed by atoms with Crippen LogP contribution in [0.25, 0.3) is 0 Å². The van der Waals surface area contributed by atoms with Crippen molar-refractivity contribution < 1.29 is 18.5 Å². The van der Waals surface area contributed by atoms with Crippen LogP contribution in [0.5, 0.6) is 0 Å². The van der Waals surface area contributed by atoms with Crippen molar-refractivity contribution in [1.29, 1.82) is 0 Å². The normalized spacial score (nSPS) is 11.8. The molecule has 0 saturated heterocycles. The summed E-state index contributed by atoms with van der Waals surface area (Å²) in [6.45, 7) is 5.91. The zero-order chi connectivity index (χ0) is 23.4. The van der Waals surface area contributed by atoms with E-state index in [9.17, 15) is 4.79 Å². The van der Waals surface area contributed by atoms with Gasteiger partial charge in [-0.15, -0.1) is 24.8 Å². The van der Waals surface area contributed by atoms with Gasteiger partial charge < -0.3 is 13.7 Å². The lowest BCUT2D eigenvalue weighted by Gasteiger charge is -2.33. The summed E-state index contributed by atoms with van der Waals surface area (Å²) in [6.07, 6.45) is 21.9. The Morgan fingerprint density at radius 2 is 1.15 bits per heavy atom. The van der Waals surface area contributed by atoms with Crippen molar-refractivity contribution in [2.45, 2.75) is 96.8 Å². The maximum atomic E-state index is 11.9. The third kappa shape index (κ3) is 29.7. The zero-order valence-corrected chi connectivity index (χ0v) is 24.5. The molecule has 0 amide bonds. The molecule has 0 aromatic heterocycles. The van der Waals surface area contributed by atoms with E-state index in [1.165, 1.54) is 70.6 Å². The van der Waals surface area contributed by atoms with E-state index >= 15 is 0 Å². The molecule has 0 aromatic carbocycles. The molecule has 0 fully saturated rings. The number of hydrogen-bond donors (Lipinski definition) is 0. The van der Waals surface area contributed by atoms with Gasteiger partial charge in [-0.05, 0) is 32.1 Å². The molecule has 0 N–H and O–H groups in total. The summed E-state index contributed by atoms with van der Waals surface area (Å²) >= 11 is 0. The van der Waals surface area contributed by atoms with Gasteiger partial charge in [-0.2, -0.15) is 0 Å². The van der Waals surface area contributed by atoms with Crippen molar-refractivity contribution >= 4 is 30.8 Å². The van der Waals surface area contributed by atoms with Gasteiger partial charge in [0.05, 0.1) is 35.2 Å². The van der Waals surface area contributed by atoms with Crippen LogP contribution in [0.4, 0.5) is 0 Å². The number of likely N-dealkylation sites (N-methyl/N-ethyl adjacent to an activating group) is 2. The Hall–Kier alpha value is -0.290. The van der Waals surface area contributed by atoms with Gasteiger partial charge in [-0.25, -0.2) is 0 Å². The Labute approximate surface area is 219 Å². The summed E-state index contributed by atoms with van der Waals surface area (Å²) in [5.74, 6) is -0.0239. The zero-order valence-electron chi connectivity index (χ0n) is 22.9. The Balaban J connectivity index is -0.00000450. The first-order chi connectivity index (χ1) is 14.7. The summed E-state index contributed by atoms with van der Waals surface area (Å²) < 4.78 is 7.33. The maximum absolute atomic E-state index is 11.9. The third-order valence-corrected chi connectivity index (χ3v) is 5.98. The van der Waals surface area contributed by atoms with E-state index in [1.54, 1.807) is 0 Å². The summed E-state index contributed by atoms with van der Waals surface area (Å²) in [7, 11) is 11.1. The van der Waals surface area contributed by atoms with Gasteiger partial charge in [-0.3, -0.25) is 4.79 Å². The lowest BCUT2D eigenvalue weighted by Crippen LogP contribution is -2.50. The second-order valence-corrected chi connectivity index (χ2v) is 11.0. The van der Waals surface area contributed by atoms with Crippen LogP contribution in [-0.4, -0.2) is 76.4 Å². The molecule has 0 aliphatic carbocycles. The largest absolute Gasteiger partial charge is 0.460 e. The number of esters is 1. The van der Waals surface area contributed by atoms with Crippen LogP contribution in [0.1, 0.15) is 96.8 Å². The standard InChI is InChI=1S/C27H56N2O2.2ClH/c1-7-8-9-10-11-12-13-14-15-16-17-18-19-20-21-22-27(30)31-26-25-29(5,6)24-23-28(2,3)4;;/h14-15H,7-13,16-26H2,1-6H3;2*1H/q+2;;/b15-14-;;. The fourth-order valence-corrected chi connectivity index (χ4v) is 3.50.